The van der Waals surface area contributed by atoms with Crippen molar-refractivity contribution in [1.29, 1.82) is 0 Å². The summed E-state index contributed by atoms with van der Waals surface area (Å²) in [7, 11) is 0. The molecule has 0 saturated heterocycles. The van der Waals surface area contributed by atoms with Crippen LogP contribution >= 0.6 is 15.9 Å². The molecule has 0 saturated carbocycles. The van der Waals surface area contributed by atoms with Gasteiger partial charge in [-0.15, -0.1) is 0 Å². The van der Waals surface area contributed by atoms with Crippen LogP contribution in [-0.2, 0) is 4.79 Å². The smallest absolute Gasteiger partial charge is 0.253 e. The van der Waals surface area contributed by atoms with Crippen LogP contribution in [0.2, 0.25) is 0 Å². The lowest BCUT2D eigenvalue weighted by Crippen LogP contribution is -2.38. The topological polar surface area (TPSA) is 71.1 Å². The summed E-state index contributed by atoms with van der Waals surface area (Å²) in [5, 5.41) is 5.26. The molecule has 1 heterocycles. The van der Waals surface area contributed by atoms with Crippen LogP contribution in [0.15, 0.2) is 22.9 Å². The number of rotatable bonds is 5. The second-order valence-electron chi connectivity index (χ2n) is 4.25. The number of hydrogen-bond donors (Lipinski definition) is 2. The molecule has 0 spiro atoms. The zero-order chi connectivity index (χ0) is 13.5. The van der Waals surface area contributed by atoms with Gasteiger partial charge >= 0.3 is 0 Å². The summed E-state index contributed by atoms with van der Waals surface area (Å²) in [5.74, 6) is -0.114. The second-order valence-corrected chi connectivity index (χ2v) is 5.06. The van der Waals surface area contributed by atoms with E-state index in [1.165, 1.54) is 6.20 Å². The number of nitrogens with zero attached hydrogens (tertiary/aromatic N) is 1. The fourth-order valence-electron chi connectivity index (χ4n) is 1.15. The lowest BCUT2D eigenvalue weighted by atomic mass is 10.2. The second kappa shape index (κ2) is 7.10. The lowest BCUT2D eigenvalue weighted by Gasteiger charge is -2.08. The Hall–Kier alpha value is -1.43. The highest BCUT2D eigenvalue weighted by molar-refractivity contribution is 9.10. The number of nitrogens with one attached hydrogen (secondary N) is 2. The van der Waals surface area contributed by atoms with Crippen LogP contribution < -0.4 is 10.6 Å². The highest BCUT2D eigenvalue weighted by Crippen LogP contribution is 2.05. The molecule has 2 N–H and O–H groups in total. The first-order chi connectivity index (χ1) is 8.49. The van der Waals surface area contributed by atoms with Crippen LogP contribution in [0.3, 0.4) is 0 Å². The summed E-state index contributed by atoms with van der Waals surface area (Å²) in [6.45, 7) is 4.59. The Morgan fingerprint density at radius 1 is 1.33 bits per heavy atom. The quantitative estimate of drug-likeness (QED) is 0.806. The lowest BCUT2D eigenvalue weighted by molar-refractivity contribution is -0.120. The average Bonchev–Trinajstić information content (AvgIpc) is 2.34. The minimum atomic E-state index is -0.310. The van der Waals surface area contributed by atoms with Crippen LogP contribution in [-0.4, -0.2) is 29.9 Å². The van der Waals surface area contributed by atoms with Gasteiger partial charge in [-0.05, 0) is 34.0 Å². The van der Waals surface area contributed by atoms with Gasteiger partial charge in [0.25, 0.3) is 5.91 Å². The Kier molecular flexibility index (Phi) is 5.77. The van der Waals surface area contributed by atoms with Crippen molar-refractivity contribution in [3.63, 3.8) is 0 Å². The predicted octanol–water partition coefficient (Wildman–Crippen LogP) is 1.35. The number of hydrogen-bond acceptors (Lipinski definition) is 3. The molecule has 0 aromatic carbocycles. The normalized spacial score (nSPS) is 10.2. The molecule has 98 valence electrons. The molecule has 5 nitrogen and oxygen atoms in total. The van der Waals surface area contributed by atoms with Gasteiger partial charge in [-0.3, -0.25) is 9.59 Å². The van der Waals surface area contributed by atoms with E-state index < -0.39 is 0 Å². The molecule has 0 aliphatic rings. The predicted molar refractivity (Wildman–Crippen MR) is 72.1 cm³/mol. The summed E-state index contributed by atoms with van der Waals surface area (Å²) in [5.41, 5.74) is 0.426. The molecule has 0 aliphatic carbocycles. The number of pyridine rings is 1. The number of amides is 2. The fraction of sp³-hybridized carbons (Fsp3) is 0.417. The SMILES string of the molecule is CC(C)CNC(=O)CNC(=O)c1ccc(Br)nc1. The van der Waals surface area contributed by atoms with E-state index in [-0.39, 0.29) is 18.4 Å². The highest BCUT2D eigenvalue weighted by atomic mass is 79.9. The summed E-state index contributed by atoms with van der Waals surface area (Å²) in [4.78, 5) is 27.0. The minimum Gasteiger partial charge on any atom is -0.354 e. The van der Waals surface area contributed by atoms with Gasteiger partial charge < -0.3 is 10.6 Å². The first-order valence-corrected chi connectivity index (χ1v) is 6.45. The Labute approximate surface area is 114 Å². The van der Waals surface area contributed by atoms with Crippen LogP contribution in [0.4, 0.5) is 0 Å². The van der Waals surface area contributed by atoms with Gasteiger partial charge in [-0.2, -0.15) is 0 Å². The molecule has 0 radical (unpaired) electrons. The molecule has 0 unspecified atom stereocenters. The monoisotopic (exact) mass is 313 g/mol. The summed E-state index contributed by atoms with van der Waals surface area (Å²) >= 11 is 3.18. The van der Waals surface area contributed by atoms with E-state index in [0.29, 0.717) is 22.6 Å². The number of halogens is 1. The van der Waals surface area contributed by atoms with Crippen molar-refractivity contribution in [1.82, 2.24) is 15.6 Å². The molecule has 0 fully saturated rings. The number of aromatic nitrogens is 1. The van der Waals surface area contributed by atoms with Crippen molar-refractivity contribution in [2.45, 2.75) is 13.8 Å². The van der Waals surface area contributed by atoms with Crippen molar-refractivity contribution in [3.05, 3.63) is 28.5 Å². The van der Waals surface area contributed by atoms with E-state index in [4.69, 9.17) is 0 Å². The van der Waals surface area contributed by atoms with Crippen LogP contribution in [0.1, 0.15) is 24.2 Å². The van der Waals surface area contributed by atoms with Crippen LogP contribution in [0.25, 0.3) is 0 Å². The molecule has 2 amide bonds. The van der Waals surface area contributed by atoms with Gasteiger partial charge in [0.15, 0.2) is 0 Å². The van der Waals surface area contributed by atoms with Crippen molar-refractivity contribution in [3.8, 4) is 0 Å². The van der Waals surface area contributed by atoms with E-state index in [9.17, 15) is 9.59 Å². The molecule has 1 rings (SSSR count). The van der Waals surface area contributed by atoms with Gasteiger partial charge in [-0.25, -0.2) is 4.98 Å². The van der Waals surface area contributed by atoms with Crippen molar-refractivity contribution in [2.75, 3.05) is 13.1 Å². The van der Waals surface area contributed by atoms with Crippen molar-refractivity contribution in [2.24, 2.45) is 5.92 Å². The van der Waals surface area contributed by atoms with E-state index in [1.807, 2.05) is 13.8 Å². The maximum absolute atomic E-state index is 11.7. The molecule has 0 bridgehead atoms. The van der Waals surface area contributed by atoms with Crippen LogP contribution in [0.5, 0.6) is 0 Å². The first kappa shape index (κ1) is 14.6. The Morgan fingerprint density at radius 3 is 2.61 bits per heavy atom. The summed E-state index contributed by atoms with van der Waals surface area (Å²) in [6.07, 6.45) is 1.45. The molecular formula is C12H16BrN3O2. The van der Waals surface area contributed by atoms with E-state index in [0.717, 1.165) is 0 Å². The Balaban J connectivity index is 2.37. The average molecular weight is 314 g/mol. The summed E-state index contributed by atoms with van der Waals surface area (Å²) < 4.78 is 0.661. The Bertz CT molecular complexity index is 418. The molecular weight excluding hydrogens is 298 g/mol. The summed E-state index contributed by atoms with van der Waals surface area (Å²) in [6, 6.07) is 3.31. The molecule has 18 heavy (non-hydrogen) atoms. The third-order valence-electron chi connectivity index (χ3n) is 2.11. The molecule has 0 atom stereocenters. The van der Waals surface area contributed by atoms with E-state index in [1.54, 1.807) is 12.1 Å². The van der Waals surface area contributed by atoms with Gasteiger partial charge in [0.05, 0.1) is 12.1 Å². The highest BCUT2D eigenvalue weighted by Gasteiger charge is 2.08. The molecule has 1 aromatic heterocycles. The minimum absolute atomic E-state index is 0.0262. The van der Waals surface area contributed by atoms with Crippen molar-refractivity contribution >= 4 is 27.7 Å². The van der Waals surface area contributed by atoms with Crippen LogP contribution in [0, 0.1) is 5.92 Å². The van der Waals surface area contributed by atoms with E-state index in [2.05, 4.69) is 31.5 Å². The van der Waals surface area contributed by atoms with E-state index >= 15 is 0 Å². The third kappa shape index (κ3) is 5.27. The fourth-order valence-corrected chi connectivity index (χ4v) is 1.39. The zero-order valence-electron chi connectivity index (χ0n) is 10.4. The molecule has 0 aliphatic heterocycles. The number of carbonyl (C=O) groups is 2. The molecule has 1 aromatic rings. The maximum atomic E-state index is 11.7. The van der Waals surface area contributed by atoms with Gasteiger partial charge in [0.1, 0.15) is 4.60 Å². The van der Waals surface area contributed by atoms with Crippen molar-refractivity contribution < 1.29 is 9.59 Å². The van der Waals surface area contributed by atoms with Gasteiger partial charge in [-0.1, -0.05) is 13.8 Å². The van der Waals surface area contributed by atoms with Gasteiger partial charge in [0, 0.05) is 12.7 Å². The standard InChI is InChI=1S/C12H16BrN3O2/c1-8(2)5-15-11(17)7-16-12(18)9-3-4-10(13)14-6-9/h3-4,6,8H,5,7H2,1-2H3,(H,15,17)(H,16,18). The zero-order valence-corrected chi connectivity index (χ0v) is 12.0. The van der Waals surface area contributed by atoms with Gasteiger partial charge in [0.2, 0.25) is 5.91 Å². The maximum Gasteiger partial charge on any atom is 0.253 e. The first-order valence-electron chi connectivity index (χ1n) is 5.65. The largest absolute Gasteiger partial charge is 0.354 e. The third-order valence-corrected chi connectivity index (χ3v) is 2.58. The molecule has 6 heteroatoms. The Morgan fingerprint density at radius 2 is 2.06 bits per heavy atom. The number of carbonyl (C=O) groups excluding carboxylic acids is 2.